The molecule has 2 N–H and O–H groups in total. The Kier molecular flexibility index (Phi) is 3.69. The van der Waals surface area contributed by atoms with Crippen molar-refractivity contribution in [3.05, 3.63) is 40.9 Å². The number of aryl methyl sites for hydroxylation is 1. The first-order valence-electron chi connectivity index (χ1n) is 5.18. The van der Waals surface area contributed by atoms with Crippen molar-refractivity contribution in [3.8, 4) is 5.75 Å². The highest BCUT2D eigenvalue weighted by Gasteiger charge is 2.08. The molecule has 0 saturated carbocycles. The van der Waals surface area contributed by atoms with Gasteiger partial charge >= 0.3 is 0 Å². The van der Waals surface area contributed by atoms with Crippen LogP contribution < -0.4 is 10.6 Å². The molecule has 0 spiro atoms. The third kappa shape index (κ3) is 2.72. The number of nitrogens with zero attached hydrogens (tertiary/aromatic N) is 2. The first kappa shape index (κ1) is 12.3. The fourth-order valence-corrected chi connectivity index (χ4v) is 1.85. The van der Waals surface area contributed by atoms with E-state index in [1.807, 2.05) is 25.1 Å². The summed E-state index contributed by atoms with van der Waals surface area (Å²) in [5.41, 5.74) is 6.97. The predicted octanol–water partition coefficient (Wildman–Crippen LogP) is 2.02. The molecule has 0 bridgehead atoms. The van der Waals surface area contributed by atoms with E-state index in [1.54, 1.807) is 11.4 Å². The van der Waals surface area contributed by atoms with Gasteiger partial charge in [-0.2, -0.15) is 0 Å². The highest BCUT2D eigenvalue weighted by atomic mass is 32.1. The van der Waals surface area contributed by atoms with Gasteiger partial charge in [0.2, 0.25) is 0 Å². The van der Waals surface area contributed by atoms with Gasteiger partial charge in [-0.25, -0.2) is 4.98 Å². The van der Waals surface area contributed by atoms with Crippen LogP contribution in [-0.2, 0) is 4.79 Å². The predicted molar refractivity (Wildman–Crippen MR) is 70.9 cm³/mol. The molecule has 0 fully saturated rings. The second kappa shape index (κ2) is 5.42. The number of nitrogens with two attached hydrogens (primary N) is 1. The fraction of sp³-hybridized carbons (Fsp3) is 0.0833. The number of carbonyl (C=O) groups excluding carboxylic acids is 1. The van der Waals surface area contributed by atoms with Crippen LogP contribution in [0.3, 0.4) is 0 Å². The molecular formula is C12H11N3O2S. The molecule has 1 heterocycles. The van der Waals surface area contributed by atoms with E-state index in [0.717, 1.165) is 5.56 Å². The smallest absolute Gasteiger partial charge is 0.180 e. The zero-order valence-electron chi connectivity index (χ0n) is 9.66. The number of aromatic nitrogens is 1. The maximum atomic E-state index is 10.9. The van der Waals surface area contributed by atoms with Crippen molar-refractivity contribution in [1.29, 1.82) is 0 Å². The second-order valence-electron chi connectivity index (χ2n) is 3.52. The standard InChI is InChI=1S/C12H11N3O2S/c1-8-4-2-3-5-11(8)17-15-9(6-16)10-7-18-12(13)14-10/h2-7H,1H3,(H2,13,14). The summed E-state index contributed by atoms with van der Waals surface area (Å²) >= 11 is 1.24. The summed E-state index contributed by atoms with van der Waals surface area (Å²) in [6, 6.07) is 7.40. The average molecular weight is 261 g/mol. The normalized spacial score (nSPS) is 11.3. The topological polar surface area (TPSA) is 77.6 Å². The Hall–Kier alpha value is -2.21. The number of rotatable bonds is 4. The van der Waals surface area contributed by atoms with Gasteiger partial charge in [-0.1, -0.05) is 23.4 Å². The Morgan fingerprint density at radius 3 is 2.89 bits per heavy atom. The van der Waals surface area contributed by atoms with Gasteiger partial charge in [0.05, 0.1) is 0 Å². The van der Waals surface area contributed by atoms with E-state index in [-0.39, 0.29) is 5.71 Å². The Morgan fingerprint density at radius 1 is 1.50 bits per heavy atom. The Morgan fingerprint density at radius 2 is 2.28 bits per heavy atom. The average Bonchev–Trinajstić information content (AvgIpc) is 2.79. The molecule has 0 amide bonds. The molecule has 18 heavy (non-hydrogen) atoms. The minimum Gasteiger partial charge on any atom is -0.375 e. The third-order valence-electron chi connectivity index (χ3n) is 2.23. The van der Waals surface area contributed by atoms with Crippen molar-refractivity contribution in [1.82, 2.24) is 4.98 Å². The highest BCUT2D eigenvalue weighted by molar-refractivity contribution is 7.13. The minimum atomic E-state index is 0.117. The molecule has 1 aromatic heterocycles. The number of oxime groups is 1. The molecule has 1 aromatic carbocycles. The first-order chi connectivity index (χ1) is 8.70. The summed E-state index contributed by atoms with van der Waals surface area (Å²) in [5.74, 6) is 0.597. The SMILES string of the molecule is Cc1ccccc1ON=C(C=O)c1csc(N)n1. The molecule has 0 saturated heterocycles. The van der Waals surface area contributed by atoms with Gasteiger partial charge in [0, 0.05) is 5.38 Å². The minimum absolute atomic E-state index is 0.117. The molecule has 0 unspecified atom stereocenters. The zero-order valence-corrected chi connectivity index (χ0v) is 10.5. The molecule has 0 aliphatic carbocycles. The fourth-order valence-electron chi connectivity index (χ4n) is 1.29. The van der Waals surface area contributed by atoms with Crippen LogP contribution in [0.4, 0.5) is 5.13 Å². The lowest BCUT2D eigenvalue weighted by atomic mass is 10.2. The van der Waals surface area contributed by atoms with Gasteiger partial charge in [0.25, 0.3) is 0 Å². The Bertz CT molecular complexity index is 593. The van der Waals surface area contributed by atoms with Crippen LogP contribution in [0, 0.1) is 6.92 Å². The van der Waals surface area contributed by atoms with E-state index in [1.165, 1.54) is 11.3 Å². The van der Waals surface area contributed by atoms with E-state index in [0.29, 0.717) is 22.9 Å². The highest BCUT2D eigenvalue weighted by Crippen LogP contribution is 2.17. The molecule has 0 aliphatic rings. The number of para-hydroxylation sites is 1. The molecule has 2 rings (SSSR count). The van der Waals surface area contributed by atoms with Crippen LogP contribution in [0.15, 0.2) is 34.8 Å². The summed E-state index contributed by atoms with van der Waals surface area (Å²) in [7, 11) is 0. The molecule has 92 valence electrons. The van der Waals surface area contributed by atoms with Crippen molar-refractivity contribution in [2.45, 2.75) is 6.92 Å². The lowest BCUT2D eigenvalue weighted by molar-refractivity contribution is -0.102. The quantitative estimate of drug-likeness (QED) is 0.519. The maximum absolute atomic E-state index is 10.9. The summed E-state index contributed by atoms with van der Waals surface area (Å²) in [4.78, 5) is 20.1. The van der Waals surface area contributed by atoms with E-state index in [4.69, 9.17) is 10.6 Å². The van der Waals surface area contributed by atoms with E-state index >= 15 is 0 Å². The van der Waals surface area contributed by atoms with Gasteiger partial charge in [-0.15, -0.1) is 11.3 Å². The molecule has 2 aromatic rings. The Balaban J connectivity index is 2.21. The van der Waals surface area contributed by atoms with Crippen molar-refractivity contribution in [3.63, 3.8) is 0 Å². The second-order valence-corrected chi connectivity index (χ2v) is 4.41. The van der Waals surface area contributed by atoms with Gasteiger partial charge < -0.3 is 10.6 Å². The zero-order chi connectivity index (χ0) is 13.0. The molecule has 0 atom stereocenters. The number of carbonyl (C=O) groups is 1. The third-order valence-corrected chi connectivity index (χ3v) is 2.91. The molecular weight excluding hydrogens is 250 g/mol. The molecule has 5 nitrogen and oxygen atoms in total. The lowest BCUT2D eigenvalue weighted by Gasteiger charge is -2.02. The number of thiazole rings is 1. The molecule has 0 aliphatic heterocycles. The number of aldehydes is 1. The van der Waals surface area contributed by atoms with Crippen molar-refractivity contribution in [2.75, 3.05) is 5.73 Å². The summed E-state index contributed by atoms with van der Waals surface area (Å²) < 4.78 is 0. The van der Waals surface area contributed by atoms with Crippen LogP contribution in [-0.4, -0.2) is 17.0 Å². The number of benzene rings is 1. The van der Waals surface area contributed by atoms with Crippen molar-refractivity contribution in [2.24, 2.45) is 5.16 Å². The largest absolute Gasteiger partial charge is 0.375 e. The number of hydrogen-bond donors (Lipinski definition) is 1. The van der Waals surface area contributed by atoms with Crippen LogP contribution in [0.2, 0.25) is 0 Å². The van der Waals surface area contributed by atoms with E-state index in [9.17, 15) is 4.79 Å². The maximum Gasteiger partial charge on any atom is 0.180 e. The van der Waals surface area contributed by atoms with Crippen molar-refractivity contribution < 1.29 is 9.63 Å². The van der Waals surface area contributed by atoms with Crippen LogP contribution >= 0.6 is 11.3 Å². The van der Waals surface area contributed by atoms with Gasteiger partial charge in [-0.3, -0.25) is 4.79 Å². The summed E-state index contributed by atoms with van der Waals surface area (Å²) in [5, 5.41) is 5.84. The molecule has 6 heteroatoms. The van der Waals surface area contributed by atoms with Crippen molar-refractivity contribution >= 4 is 28.5 Å². The first-order valence-corrected chi connectivity index (χ1v) is 6.06. The van der Waals surface area contributed by atoms with Crippen LogP contribution in [0.25, 0.3) is 0 Å². The number of nitrogen functional groups attached to an aromatic ring is 1. The van der Waals surface area contributed by atoms with Crippen LogP contribution in [0.1, 0.15) is 11.3 Å². The molecule has 0 radical (unpaired) electrons. The summed E-state index contributed by atoms with van der Waals surface area (Å²) in [6.45, 7) is 1.90. The summed E-state index contributed by atoms with van der Waals surface area (Å²) in [6.07, 6.45) is 0.590. The Labute approximate surface area is 108 Å². The lowest BCUT2D eigenvalue weighted by Crippen LogP contribution is -2.05. The van der Waals surface area contributed by atoms with Gasteiger partial charge in [0.1, 0.15) is 5.69 Å². The van der Waals surface area contributed by atoms with E-state index < -0.39 is 0 Å². The van der Waals surface area contributed by atoms with E-state index in [2.05, 4.69) is 10.1 Å². The number of anilines is 1. The van der Waals surface area contributed by atoms with Gasteiger partial charge in [0.15, 0.2) is 22.9 Å². The van der Waals surface area contributed by atoms with Gasteiger partial charge in [-0.05, 0) is 18.6 Å². The number of hydrogen-bond acceptors (Lipinski definition) is 6. The van der Waals surface area contributed by atoms with Crippen LogP contribution in [0.5, 0.6) is 5.75 Å². The monoisotopic (exact) mass is 261 g/mol.